The van der Waals surface area contributed by atoms with Crippen molar-refractivity contribution in [3.8, 4) is 5.13 Å². The molecular formula is C19H26N4O3S. The van der Waals surface area contributed by atoms with Gasteiger partial charge in [0.15, 0.2) is 5.13 Å². The van der Waals surface area contributed by atoms with E-state index in [1.807, 2.05) is 46.7 Å². The first kappa shape index (κ1) is 19.6. The molecule has 1 fully saturated rings. The summed E-state index contributed by atoms with van der Waals surface area (Å²) in [6.45, 7) is 5.34. The lowest BCUT2D eigenvalue weighted by molar-refractivity contribution is -0.138. The Hall–Kier alpha value is -2.19. The smallest absolute Gasteiger partial charge is 0.317 e. The van der Waals surface area contributed by atoms with Crippen LogP contribution in [0.25, 0.3) is 5.13 Å². The zero-order chi connectivity index (χ0) is 19.6. The predicted molar refractivity (Wildman–Crippen MR) is 105 cm³/mol. The number of rotatable bonds is 5. The number of likely N-dealkylation sites (N-methyl/N-ethyl adjacent to an activating group) is 1. The summed E-state index contributed by atoms with van der Waals surface area (Å²) in [6.07, 6.45) is 4.35. The number of hydrogen-bond acceptors (Lipinski definition) is 5. The summed E-state index contributed by atoms with van der Waals surface area (Å²) in [5.41, 5.74) is 2.64. The van der Waals surface area contributed by atoms with Crippen molar-refractivity contribution in [2.24, 2.45) is 0 Å². The minimum absolute atomic E-state index is 0.0353. The maximum atomic E-state index is 13.2. The lowest BCUT2D eigenvalue weighted by Gasteiger charge is -2.25. The van der Waals surface area contributed by atoms with E-state index in [4.69, 9.17) is 5.11 Å². The van der Waals surface area contributed by atoms with E-state index in [-0.39, 0.29) is 18.5 Å². The lowest BCUT2D eigenvalue weighted by atomic mass is 10.1. The molecule has 1 unspecified atom stereocenters. The molecule has 0 radical (unpaired) electrons. The molecule has 0 saturated carbocycles. The number of carboxylic acids is 1. The Morgan fingerprint density at radius 2 is 2.11 bits per heavy atom. The molecule has 1 aliphatic heterocycles. The molecule has 2 aromatic rings. The molecule has 1 aliphatic rings. The third-order valence-electron chi connectivity index (χ3n) is 5.26. The molecule has 1 amide bonds. The van der Waals surface area contributed by atoms with Crippen molar-refractivity contribution in [2.75, 3.05) is 26.7 Å². The summed E-state index contributed by atoms with van der Waals surface area (Å²) in [5, 5.41) is 11.8. The van der Waals surface area contributed by atoms with Crippen LogP contribution >= 0.6 is 11.3 Å². The standard InChI is InChI=1S/C19H26N4O3S/c1-13-11-16(14(2)23(13)19-20-7-10-27-19)18(26)22-8-4-5-15(6-9-22)21(3)12-17(24)25/h7,10-11,15H,4-6,8-9,12H2,1-3H3,(H,24,25). The highest BCUT2D eigenvalue weighted by Gasteiger charge is 2.27. The highest BCUT2D eigenvalue weighted by molar-refractivity contribution is 7.12. The number of aryl methyl sites for hydroxylation is 1. The highest BCUT2D eigenvalue weighted by atomic mass is 32.1. The molecule has 1 N–H and O–H groups in total. The van der Waals surface area contributed by atoms with E-state index >= 15 is 0 Å². The van der Waals surface area contributed by atoms with Crippen molar-refractivity contribution < 1.29 is 14.7 Å². The minimum atomic E-state index is -0.815. The van der Waals surface area contributed by atoms with Crippen LogP contribution in [0.15, 0.2) is 17.6 Å². The van der Waals surface area contributed by atoms with Gasteiger partial charge in [0, 0.05) is 42.1 Å². The molecule has 27 heavy (non-hydrogen) atoms. The lowest BCUT2D eigenvalue weighted by Crippen LogP contribution is -2.37. The normalized spacial score (nSPS) is 17.9. The average molecular weight is 391 g/mol. The minimum Gasteiger partial charge on any atom is -0.480 e. The first-order chi connectivity index (χ1) is 12.9. The largest absolute Gasteiger partial charge is 0.480 e. The van der Waals surface area contributed by atoms with Crippen LogP contribution < -0.4 is 0 Å². The maximum absolute atomic E-state index is 13.2. The van der Waals surface area contributed by atoms with Crippen LogP contribution in [0.2, 0.25) is 0 Å². The Kier molecular flexibility index (Phi) is 5.96. The van der Waals surface area contributed by atoms with Crippen molar-refractivity contribution in [2.45, 2.75) is 39.2 Å². The Labute approximate surface area is 163 Å². The van der Waals surface area contributed by atoms with E-state index in [0.717, 1.165) is 41.3 Å². The molecule has 2 aromatic heterocycles. The van der Waals surface area contributed by atoms with Gasteiger partial charge in [0.2, 0.25) is 0 Å². The van der Waals surface area contributed by atoms with Gasteiger partial charge in [-0.05, 0) is 46.2 Å². The van der Waals surface area contributed by atoms with Crippen molar-refractivity contribution in [1.29, 1.82) is 0 Å². The SMILES string of the molecule is Cc1cc(C(=O)N2CCCC(N(C)CC(=O)O)CC2)c(C)n1-c1nccs1. The number of carbonyl (C=O) groups excluding carboxylic acids is 1. The second kappa shape index (κ2) is 8.22. The first-order valence-corrected chi connectivity index (χ1v) is 10.1. The molecule has 146 valence electrons. The number of aliphatic carboxylic acids is 1. The molecule has 7 nitrogen and oxygen atoms in total. The molecule has 1 atom stereocenters. The summed E-state index contributed by atoms with van der Waals surface area (Å²) in [4.78, 5) is 32.3. The number of thiazole rings is 1. The summed E-state index contributed by atoms with van der Waals surface area (Å²) >= 11 is 1.55. The quantitative estimate of drug-likeness (QED) is 0.849. The number of carbonyl (C=O) groups is 2. The first-order valence-electron chi connectivity index (χ1n) is 9.18. The predicted octanol–water partition coefficient (Wildman–Crippen LogP) is 2.56. The molecular weight excluding hydrogens is 364 g/mol. The summed E-state index contributed by atoms with van der Waals surface area (Å²) in [6, 6.07) is 2.14. The van der Waals surface area contributed by atoms with Crippen LogP contribution in [0.4, 0.5) is 0 Å². The number of likely N-dealkylation sites (tertiary alicyclic amines) is 1. The van der Waals surface area contributed by atoms with E-state index in [1.165, 1.54) is 0 Å². The van der Waals surface area contributed by atoms with Crippen LogP contribution in [-0.4, -0.2) is 69.1 Å². The number of carboxylic acid groups (broad SMARTS) is 1. The summed E-state index contributed by atoms with van der Waals surface area (Å²) in [5.74, 6) is -0.767. The second-order valence-electron chi connectivity index (χ2n) is 7.12. The van der Waals surface area contributed by atoms with Crippen molar-refractivity contribution >= 4 is 23.2 Å². The average Bonchev–Trinajstić information content (AvgIpc) is 3.13. The molecule has 0 aliphatic carbocycles. The zero-order valence-corrected chi connectivity index (χ0v) is 16.8. The van der Waals surface area contributed by atoms with Crippen LogP contribution in [-0.2, 0) is 4.79 Å². The fourth-order valence-corrected chi connectivity index (χ4v) is 4.59. The monoisotopic (exact) mass is 390 g/mol. The summed E-state index contributed by atoms with van der Waals surface area (Å²) in [7, 11) is 1.85. The molecule has 3 heterocycles. The Morgan fingerprint density at radius 1 is 1.33 bits per heavy atom. The molecule has 0 spiro atoms. The molecule has 1 saturated heterocycles. The molecule has 0 bridgehead atoms. The van der Waals surface area contributed by atoms with Gasteiger partial charge < -0.3 is 10.0 Å². The number of hydrogen-bond donors (Lipinski definition) is 1. The van der Waals surface area contributed by atoms with Gasteiger partial charge >= 0.3 is 5.97 Å². The maximum Gasteiger partial charge on any atom is 0.317 e. The van der Waals surface area contributed by atoms with Crippen LogP contribution in [0, 0.1) is 13.8 Å². The van der Waals surface area contributed by atoms with Gasteiger partial charge in [-0.25, -0.2) is 4.98 Å². The van der Waals surface area contributed by atoms with Gasteiger partial charge in [0.05, 0.1) is 12.1 Å². The van der Waals surface area contributed by atoms with E-state index in [2.05, 4.69) is 4.98 Å². The molecule has 3 rings (SSSR count). The van der Waals surface area contributed by atoms with Crippen LogP contribution in [0.5, 0.6) is 0 Å². The fraction of sp³-hybridized carbons (Fsp3) is 0.526. The Morgan fingerprint density at radius 3 is 2.78 bits per heavy atom. The van der Waals surface area contributed by atoms with Crippen LogP contribution in [0.3, 0.4) is 0 Å². The van der Waals surface area contributed by atoms with Gasteiger partial charge in [0.1, 0.15) is 0 Å². The third-order valence-corrected chi connectivity index (χ3v) is 6.02. The van der Waals surface area contributed by atoms with Crippen molar-refractivity contribution in [3.63, 3.8) is 0 Å². The van der Waals surface area contributed by atoms with E-state index in [0.29, 0.717) is 13.1 Å². The number of amides is 1. The summed E-state index contributed by atoms with van der Waals surface area (Å²) < 4.78 is 2.03. The highest BCUT2D eigenvalue weighted by Crippen LogP contribution is 2.25. The van der Waals surface area contributed by atoms with Gasteiger partial charge in [-0.15, -0.1) is 11.3 Å². The van der Waals surface area contributed by atoms with Gasteiger partial charge in [0.25, 0.3) is 5.91 Å². The van der Waals surface area contributed by atoms with Gasteiger partial charge in [-0.1, -0.05) is 0 Å². The molecule has 8 heteroatoms. The third kappa shape index (κ3) is 4.22. The van der Waals surface area contributed by atoms with Gasteiger partial charge in [-0.3, -0.25) is 19.1 Å². The number of nitrogens with zero attached hydrogens (tertiary/aromatic N) is 4. The van der Waals surface area contributed by atoms with Crippen molar-refractivity contribution in [3.05, 3.63) is 34.6 Å². The zero-order valence-electron chi connectivity index (χ0n) is 16.0. The van der Waals surface area contributed by atoms with Crippen LogP contribution in [0.1, 0.15) is 41.0 Å². The topological polar surface area (TPSA) is 78.7 Å². The number of aromatic nitrogens is 2. The Bertz CT molecular complexity index is 815. The fourth-order valence-electron chi connectivity index (χ4n) is 3.84. The molecule has 0 aromatic carbocycles. The van der Waals surface area contributed by atoms with E-state index < -0.39 is 5.97 Å². The Balaban J connectivity index is 1.73. The second-order valence-corrected chi connectivity index (χ2v) is 7.99. The van der Waals surface area contributed by atoms with E-state index in [9.17, 15) is 9.59 Å². The van der Waals surface area contributed by atoms with E-state index in [1.54, 1.807) is 17.5 Å². The van der Waals surface area contributed by atoms with Gasteiger partial charge in [-0.2, -0.15) is 0 Å². The van der Waals surface area contributed by atoms with Crippen molar-refractivity contribution in [1.82, 2.24) is 19.4 Å².